The van der Waals surface area contributed by atoms with Crippen molar-refractivity contribution in [3.8, 4) is 0 Å². The van der Waals surface area contributed by atoms with Gasteiger partial charge >= 0.3 is 5.97 Å². The SMILES string of the molecule is NC(=O)CC[C@@H](NS(=O)(=O)N1CCCCCC1)C(=O)O. The van der Waals surface area contributed by atoms with Gasteiger partial charge in [-0.2, -0.15) is 17.4 Å². The van der Waals surface area contributed by atoms with E-state index in [0.717, 1.165) is 25.7 Å². The second-order valence-electron chi connectivity index (χ2n) is 4.83. The van der Waals surface area contributed by atoms with E-state index in [0.29, 0.717) is 13.1 Å². The summed E-state index contributed by atoms with van der Waals surface area (Å²) >= 11 is 0. The number of aliphatic carboxylic acids is 1. The van der Waals surface area contributed by atoms with E-state index >= 15 is 0 Å². The van der Waals surface area contributed by atoms with Gasteiger partial charge in [0.1, 0.15) is 6.04 Å². The molecule has 1 aliphatic heterocycles. The highest BCUT2D eigenvalue weighted by Crippen LogP contribution is 2.13. The van der Waals surface area contributed by atoms with Crippen LogP contribution in [0.15, 0.2) is 0 Å². The molecule has 1 heterocycles. The van der Waals surface area contributed by atoms with Crippen molar-refractivity contribution in [3.05, 3.63) is 0 Å². The Morgan fingerprint density at radius 1 is 1.20 bits per heavy atom. The van der Waals surface area contributed by atoms with Crippen molar-refractivity contribution in [2.45, 2.75) is 44.6 Å². The molecule has 1 amide bonds. The highest BCUT2D eigenvalue weighted by atomic mass is 32.2. The van der Waals surface area contributed by atoms with E-state index < -0.39 is 28.1 Å². The Bertz CT molecular complexity index is 443. The Labute approximate surface area is 118 Å². The van der Waals surface area contributed by atoms with Gasteiger partial charge in [0.25, 0.3) is 10.2 Å². The van der Waals surface area contributed by atoms with Crippen LogP contribution in [0.2, 0.25) is 0 Å². The third kappa shape index (κ3) is 5.43. The molecule has 116 valence electrons. The fourth-order valence-corrected chi connectivity index (χ4v) is 3.52. The van der Waals surface area contributed by atoms with E-state index in [1.54, 1.807) is 0 Å². The Hall–Kier alpha value is -1.19. The summed E-state index contributed by atoms with van der Waals surface area (Å²) in [5, 5.41) is 9.01. The first kappa shape index (κ1) is 16.9. The molecule has 0 aromatic rings. The maximum absolute atomic E-state index is 12.1. The third-order valence-corrected chi connectivity index (χ3v) is 4.80. The summed E-state index contributed by atoms with van der Waals surface area (Å²) in [5.41, 5.74) is 4.95. The van der Waals surface area contributed by atoms with Crippen molar-refractivity contribution < 1.29 is 23.1 Å². The van der Waals surface area contributed by atoms with Gasteiger partial charge in [0, 0.05) is 19.5 Å². The second kappa shape index (κ2) is 7.55. The predicted molar refractivity (Wildman–Crippen MR) is 71.9 cm³/mol. The number of nitrogens with one attached hydrogen (secondary N) is 1. The average Bonchev–Trinajstić information content (AvgIpc) is 2.63. The lowest BCUT2D eigenvalue weighted by molar-refractivity contribution is -0.139. The zero-order chi connectivity index (χ0) is 15.2. The molecule has 0 bridgehead atoms. The van der Waals surface area contributed by atoms with E-state index in [-0.39, 0.29) is 12.8 Å². The number of carbonyl (C=O) groups is 2. The van der Waals surface area contributed by atoms with E-state index in [1.807, 2.05) is 0 Å². The largest absolute Gasteiger partial charge is 0.480 e. The van der Waals surface area contributed by atoms with Crippen molar-refractivity contribution in [2.24, 2.45) is 5.73 Å². The fourth-order valence-electron chi connectivity index (χ4n) is 2.06. The molecule has 20 heavy (non-hydrogen) atoms. The lowest BCUT2D eigenvalue weighted by atomic mass is 10.2. The van der Waals surface area contributed by atoms with Gasteiger partial charge in [-0.25, -0.2) is 0 Å². The topological polar surface area (TPSA) is 130 Å². The zero-order valence-corrected chi connectivity index (χ0v) is 12.1. The molecular formula is C11H21N3O5S. The molecule has 4 N–H and O–H groups in total. The number of rotatable bonds is 7. The minimum absolute atomic E-state index is 0.155. The minimum Gasteiger partial charge on any atom is -0.480 e. The van der Waals surface area contributed by atoms with Crippen LogP contribution in [-0.2, 0) is 19.8 Å². The summed E-state index contributed by atoms with van der Waals surface area (Å²) in [6, 6.07) is -1.34. The Kier molecular flexibility index (Phi) is 6.37. The van der Waals surface area contributed by atoms with Crippen molar-refractivity contribution in [2.75, 3.05) is 13.1 Å². The van der Waals surface area contributed by atoms with Crippen LogP contribution in [0, 0.1) is 0 Å². The molecule has 1 aliphatic rings. The van der Waals surface area contributed by atoms with Crippen molar-refractivity contribution in [1.82, 2.24) is 9.03 Å². The van der Waals surface area contributed by atoms with Crippen molar-refractivity contribution >= 4 is 22.1 Å². The Morgan fingerprint density at radius 2 is 1.75 bits per heavy atom. The lowest BCUT2D eigenvalue weighted by Gasteiger charge is -2.23. The Morgan fingerprint density at radius 3 is 2.20 bits per heavy atom. The molecule has 9 heteroatoms. The van der Waals surface area contributed by atoms with Gasteiger partial charge in [-0.1, -0.05) is 12.8 Å². The van der Waals surface area contributed by atoms with Gasteiger partial charge in [0.2, 0.25) is 5.91 Å². The van der Waals surface area contributed by atoms with Gasteiger partial charge in [-0.05, 0) is 19.3 Å². The smallest absolute Gasteiger partial charge is 0.321 e. The predicted octanol–water partition coefficient (Wildman–Crippen LogP) is -0.584. The summed E-state index contributed by atoms with van der Waals surface area (Å²) < 4.78 is 27.7. The molecule has 8 nitrogen and oxygen atoms in total. The molecule has 0 aromatic carbocycles. The van der Waals surface area contributed by atoms with E-state index in [9.17, 15) is 18.0 Å². The molecule has 0 aromatic heterocycles. The number of nitrogens with two attached hydrogens (primary N) is 1. The standard InChI is InChI=1S/C11H21N3O5S/c12-10(15)6-5-9(11(16)17)13-20(18,19)14-7-3-1-2-4-8-14/h9,13H,1-8H2,(H2,12,15)(H,16,17)/t9-/m1/s1. The van der Waals surface area contributed by atoms with Crippen LogP contribution in [-0.4, -0.2) is 48.8 Å². The first-order chi connectivity index (χ1) is 9.33. The monoisotopic (exact) mass is 307 g/mol. The van der Waals surface area contributed by atoms with Crippen LogP contribution in [0.5, 0.6) is 0 Å². The second-order valence-corrected chi connectivity index (χ2v) is 6.53. The van der Waals surface area contributed by atoms with Crippen molar-refractivity contribution in [1.29, 1.82) is 0 Å². The normalized spacial score (nSPS) is 19.2. The molecule has 0 aliphatic carbocycles. The van der Waals surface area contributed by atoms with Crippen LogP contribution in [0.25, 0.3) is 0 Å². The highest BCUT2D eigenvalue weighted by Gasteiger charge is 2.29. The summed E-state index contributed by atoms with van der Waals surface area (Å²) in [5.74, 6) is -1.98. The molecule has 0 saturated carbocycles. The van der Waals surface area contributed by atoms with Gasteiger partial charge < -0.3 is 10.8 Å². The van der Waals surface area contributed by atoms with Gasteiger partial charge in [-0.15, -0.1) is 0 Å². The number of primary amides is 1. The van der Waals surface area contributed by atoms with E-state index in [1.165, 1.54) is 4.31 Å². The molecule has 1 rings (SSSR count). The number of hydrogen-bond acceptors (Lipinski definition) is 4. The van der Waals surface area contributed by atoms with Crippen LogP contribution < -0.4 is 10.5 Å². The molecule has 0 unspecified atom stereocenters. The lowest BCUT2D eigenvalue weighted by Crippen LogP contribution is -2.48. The summed E-state index contributed by atoms with van der Waals surface area (Å²) in [4.78, 5) is 21.7. The molecule has 1 fully saturated rings. The van der Waals surface area contributed by atoms with Gasteiger partial charge in [-0.3, -0.25) is 9.59 Å². The zero-order valence-electron chi connectivity index (χ0n) is 11.2. The van der Waals surface area contributed by atoms with Crippen LogP contribution >= 0.6 is 0 Å². The molecule has 0 spiro atoms. The maximum atomic E-state index is 12.1. The molecule has 0 radical (unpaired) electrons. The van der Waals surface area contributed by atoms with Gasteiger partial charge in [0.15, 0.2) is 0 Å². The van der Waals surface area contributed by atoms with E-state index in [2.05, 4.69) is 4.72 Å². The number of hydrogen-bond donors (Lipinski definition) is 3. The number of carbonyl (C=O) groups excluding carboxylic acids is 1. The third-order valence-electron chi connectivity index (χ3n) is 3.17. The van der Waals surface area contributed by atoms with Crippen LogP contribution in [0.3, 0.4) is 0 Å². The quantitative estimate of drug-likeness (QED) is 0.579. The average molecular weight is 307 g/mol. The summed E-state index contributed by atoms with van der Waals surface area (Å²) in [7, 11) is -3.85. The summed E-state index contributed by atoms with van der Waals surface area (Å²) in [6.45, 7) is 0.773. The number of nitrogens with zero attached hydrogens (tertiary/aromatic N) is 1. The maximum Gasteiger partial charge on any atom is 0.321 e. The molecule has 1 saturated heterocycles. The van der Waals surface area contributed by atoms with Gasteiger partial charge in [0.05, 0.1) is 0 Å². The first-order valence-corrected chi connectivity index (χ1v) is 8.05. The minimum atomic E-state index is -3.85. The number of amides is 1. The van der Waals surface area contributed by atoms with Crippen LogP contribution in [0.4, 0.5) is 0 Å². The fraction of sp³-hybridized carbons (Fsp3) is 0.818. The highest BCUT2D eigenvalue weighted by molar-refractivity contribution is 7.87. The van der Waals surface area contributed by atoms with Crippen molar-refractivity contribution in [3.63, 3.8) is 0 Å². The first-order valence-electron chi connectivity index (χ1n) is 6.61. The Balaban J connectivity index is 2.69. The van der Waals surface area contributed by atoms with E-state index in [4.69, 9.17) is 10.8 Å². The number of carboxylic acids is 1. The molecular weight excluding hydrogens is 286 g/mol. The number of carboxylic acid groups (broad SMARTS) is 1. The summed E-state index contributed by atoms with van der Waals surface area (Å²) in [6.07, 6.45) is 3.13. The van der Waals surface area contributed by atoms with Crippen LogP contribution in [0.1, 0.15) is 38.5 Å². The molecule has 1 atom stereocenters.